The van der Waals surface area contributed by atoms with Crippen LogP contribution in [0.4, 0.5) is 0 Å². The van der Waals surface area contributed by atoms with Gasteiger partial charge in [0, 0.05) is 24.0 Å². The maximum absolute atomic E-state index is 12.7. The van der Waals surface area contributed by atoms with Crippen molar-refractivity contribution >= 4 is 5.78 Å². The van der Waals surface area contributed by atoms with Gasteiger partial charge in [0.2, 0.25) is 0 Å². The summed E-state index contributed by atoms with van der Waals surface area (Å²) in [5.41, 5.74) is 4.65. The largest absolute Gasteiger partial charge is 0.461 e. The maximum atomic E-state index is 12.7. The first-order valence-corrected chi connectivity index (χ1v) is 10.3. The van der Waals surface area contributed by atoms with Crippen LogP contribution < -0.4 is 4.74 Å². The lowest BCUT2D eigenvalue weighted by Gasteiger charge is -2.29. The summed E-state index contributed by atoms with van der Waals surface area (Å²) in [4.78, 5) is 12.7. The zero-order valence-corrected chi connectivity index (χ0v) is 17.6. The van der Waals surface area contributed by atoms with E-state index >= 15 is 0 Å². The maximum Gasteiger partial charge on any atom is 0.162 e. The van der Waals surface area contributed by atoms with Gasteiger partial charge in [-0.15, -0.1) is 0 Å². The number of allylic oxidation sites excluding steroid dienone is 2. The summed E-state index contributed by atoms with van der Waals surface area (Å²) < 4.78 is 6.23. The Balaban J connectivity index is 2.19. The minimum absolute atomic E-state index is 0.0241. The molecule has 0 aromatic heterocycles. The summed E-state index contributed by atoms with van der Waals surface area (Å²) in [6, 6.07) is 4.50. The number of Topliss-reactive ketones (excluding diaryl/α,β-unsaturated/α-hetero) is 1. The molecule has 0 aliphatic carbocycles. The second-order valence-electron chi connectivity index (χ2n) is 8.64. The third-order valence-corrected chi connectivity index (χ3v) is 5.33. The molecule has 2 heteroatoms. The fraction of sp³-hybridized carbons (Fsp3) is 0.625. The molecule has 0 spiro atoms. The first-order valence-electron chi connectivity index (χ1n) is 10.3. The number of ether oxygens (including phenoxy) is 1. The summed E-state index contributed by atoms with van der Waals surface area (Å²) in [6.07, 6.45) is 8.24. The first kappa shape index (κ1) is 20.7. The topological polar surface area (TPSA) is 26.3 Å². The van der Waals surface area contributed by atoms with Crippen molar-refractivity contribution in [3.63, 3.8) is 0 Å². The predicted molar refractivity (Wildman–Crippen MR) is 110 cm³/mol. The van der Waals surface area contributed by atoms with Crippen molar-refractivity contribution in [3.05, 3.63) is 40.2 Å². The molecule has 1 aromatic carbocycles. The molecule has 1 aliphatic rings. The van der Waals surface area contributed by atoms with Crippen LogP contribution in [0.1, 0.15) is 96.8 Å². The van der Waals surface area contributed by atoms with E-state index in [9.17, 15) is 4.79 Å². The van der Waals surface area contributed by atoms with Crippen molar-refractivity contribution in [1.29, 1.82) is 0 Å². The molecule has 26 heavy (non-hydrogen) atoms. The molecule has 0 saturated heterocycles. The Morgan fingerprint density at radius 2 is 1.77 bits per heavy atom. The molecule has 0 N–H and O–H groups in total. The van der Waals surface area contributed by atoms with Crippen LogP contribution in [-0.4, -0.2) is 5.78 Å². The highest BCUT2D eigenvalue weighted by molar-refractivity contribution is 5.96. The van der Waals surface area contributed by atoms with Gasteiger partial charge in [-0.25, -0.2) is 0 Å². The fourth-order valence-electron chi connectivity index (χ4n) is 3.63. The molecular weight excluding hydrogens is 320 g/mol. The van der Waals surface area contributed by atoms with Gasteiger partial charge in [-0.3, -0.25) is 4.79 Å². The smallest absolute Gasteiger partial charge is 0.162 e. The van der Waals surface area contributed by atoms with Crippen LogP contribution in [0.3, 0.4) is 0 Å². The lowest BCUT2D eigenvalue weighted by Crippen LogP contribution is -2.21. The summed E-state index contributed by atoms with van der Waals surface area (Å²) in [7, 11) is 0. The van der Waals surface area contributed by atoms with Crippen molar-refractivity contribution in [3.8, 4) is 5.75 Å². The van der Waals surface area contributed by atoms with Crippen LogP contribution in [0.2, 0.25) is 0 Å². The molecule has 0 amide bonds. The molecule has 0 fully saturated rings. The second kappa shape index (κ2) is 8.88. The van der Waals surface area contributed by atoms with Gasteiger partial charge in [0.05, 0.1) is 0 Å². The molecule has 0 unspecified atom stereocenters. The molecule has 144 valence electrons. The van der Waals surface area contributed by atoms with Crippen LogP contribution in [0, 0.1) is 0 Å². The van der Waals surface area contributed by atoms with E-state index in [1.807, 2.05) is 6.92 Å². The Morgan fingerprint density at radius 3 is 2.38 bits per heavy atom. The number of unbranched alkanes of at least 4 members (excludes halogenated alkanes) is 4. The summed E-state index contributed by atoms with van der Waals surface area (Å²) >= 11 is 0. The Morgan fingerprint density at radius 1 is 1.08 bits per heavy atom. The van der Waals surface area contributed by atoms with Crippen molar-refractivity contribution < 1.29 is 9.53 Å². The van der Waals surface area contributed by atoms with Gasteiger partial charge in [0.15, 0.2) is 5.78 Å². The second-order valence-corrected chi connectivity index (χ2v) is 8.64. The van der Waals surface area contributed by atoms with E-state index in [4.69, 9.17) is 4.74 Å². The third-order valence-electron chi connectivity index (χ3n) is 5.33. The molecule has 0 atom stereocenters. The summed E-state index contributed by atoms with van der Waals surface area (Å²) in [5, 5.41) is 0. The zero-order valence-electron chi connectivity index (χ0n) is 17.6. The Labute approximate surface area is 160 Å². The van der Waals surface area contributed by atoms with E-state index in [-0.39, 0.29) is 11.2 Å². The van der Waals surface area contributed by atoms with Crippen LogP contribution in [0.5, 0.6) is 5.75 Å². The number of benzene rings is 1. The first-order chi connectivity index (χ1) is 12.3. The monoisotopic (exact) mass is 356 g/mol. The number of rotatable bonds is 8. The van der Waals surface area contributed by atoms with E-state index in [2.05, 4.69) is 46.8 Å². The van der Waals surface area contributed by atoms with E-state index in [0.29, 0.717) is 12.8 Å². The molecule has 2 nitrogen and oxygen atoms in total. The fourth-order valence-corrected chi connectivity index (χ4v) is 3.63. The standard InChI is InChI=1S/C24H36O2/c1-7-9-10-11-12-13-22(25)20-16-19-14-18(8-2)15-21(24(4,5)6)23(19)26-17(20)3/h14-15H,7-13,16H2,1-6H3. The van der Waals surface area contributed by atoms with Crippen LogP contribution in [-0.2, 0) is 23.1 Å². The molecule has 1 aliphatic heterocycles. The number of hydrogen-bond acceptors (Lipinski definition) is 2. The Kier molecular flexibility index (Phi) is 7.08. The number of aryl methyl sites for hydroxylation is 1. The lowest BCUT2D eigenvalue weighted by molar-refractivity contribution is -0.116. The normalized spacial score (nSPS) is 14.2. The van der Waals surface area contributed by atoms with Crippen LogP contribution >= 0.6 is 0 Å². The molecule has 0 radical (unpaired) electrons. The summed E-state index contributed by atoms with van der Waals surface area (Å²) in [5.74, 6) is 2.04. The number of ketones is 1. The molecule has 0 saturated carbocycles. The van der Waals surface area contributed by atoms with Gasteiger partial charge in [0.1, 0.15) is 11.5 Å². The van der Waals surface area contributed by atoms with E-state index in [0.717, 1.165) is 36.3 Å². The quantitative estimate of drug-likeness (QED) is 0.485. The minimum Gasteiger partial charge on any atom is -0.461 e. The number of fused-ring (bicyclic) bond motifs is 1. The zero-order chi connectivity index (χ0) is 19.3. The Bertz CT molecular complexity index is 674. The van der Waals surface area contributed by atoms with Crippen LogP contribution in [0.25, 0.3) is 0 Å². The predicted octanol–water partition coefficient (Wildman–Crippen LogP) is 6.69. The van der Waals surface area contributed by atoms with Crippen molar-refractivity contribution in [2.24, 2.45) is 0 Å². The summed E-state index contributed by atoms with van der Waals surface area (Å²) in [6.45, 7) is 13.0. The Hall–Kier alpha value is -1.57. The van der Waals surface area contributed by atoms with E-state index in [1.165, 1.54) is 36.0 Å². The number of hydrogen-bond donors (Lipinski definition) is 0. The van der Waals surface area contributed by atoms with E-state index < -0.39 is 0 Å². The van der Waals surface area contributed by atoms with Crippen molar-refractivity contribution in [2.75, 3.05) is 0 Å². The van der Waals surface area contributed by atoms with Crippen LogP contribution in [0.15, 0.2) is 23.5 Å². The lowest BCUT2D eigenvalue weighted by atomic mass is 9.81. The van der Waals surface area contributed by atoms with Gasteiger partial charge in [0.25, 0.3) is 0 Å². The number of carbonyl (C=O) groups excluding carboxylic acids is 1. The molecule has 1 heterocycles. The van der Waals surface area contributed by atoms with Gasteiger partial charge in [-0.2, -0.15) is 0 Å². The van der Waals surface area contributed by atoms with E-state index in [1.54, 1.807) is 0 Å². The molecule has 0 bridgehead atoms. The molecule has 2 rings (SSSR count). The highest BCUT2D eigenvalue weighted by Crippen LogP contribution is 2.40. The van der Waals surface area contributed by atoms with Crippen molar-refractivity contribution in [1.82, 2.24) is 0 Å². The van der Waals surface area contributed by atoms with Gasteiger partial charge < -0.3 is 4.74 Å². The highest BCUT2D eigenvalue weighted by Gasteiger charge is 2.28. The average molecular weight is 357 g/mol. The van der Waals surface area contributed by atoms with Crippen molar-refractivity contribution in [2.45, 2.75) is 98.3 Å². The SMILES string of the molecule is CCCCCCCC(=O)C1=C(C)Oc2c(cc(CC)cc2C(C)(C)C)C1. The number of carbonyl (C=O) groups is 1. The molecule has 1 aromatic rings. The minimum atomic E-state index is 0.0241. The third kappa shape index (κ3) is 4.99. The van der Waals surface area contributed by atoms with Gasteiger partial charge in [-0.05, 0) is 36.3 Å². The highest BCUT2D eigenvalue weighted by atomic mass is 16.5. The average Bonchev–Trinajstić information content (AvgIpc) is 2.59. The van der Waals surface area contributed by atoms with Gasteiger partial charge in [-0.1, -0.05) is 72.4 Å². The molecular formula is C24H36O2. The van der Waals surface area contributed by atoms with Gasteiger partial charge >= 0.3 is 0 Å².